The highest BCUT2D eigenvalue weighted by molar-refractivity contribution is 7.25. The summed E-state index contributed by atoms with van der Waals surface area (Å²) in [5, 5.41) is 4.69. The van der Waals surface area contributed by atoms with Gasteiger partial charge in [0.25, 0.3) is 0 Å². The van der Waals surface area contributed by atoms with Crippen LogP contribution < -0.4 is 0 Å². The Morgan fingerprint density at radius 3 is 1.73 bits per heavy atom. The lowest BCUT2D eigenvalue weighted by atomic mass is 9.93. The summed E-state index contributed by atoms with van der Waals surface area (Å²) in [7, 11) is 0. The van der Waals surface area contributed by atoms with E-state index >= 15 is 0 Å². The number of fused-ring (bicyclic) bond motifs is 6. The normalized spacial score (nSPS) is 11.6. The molecule has 0 radical (unpaired) electrons. The van der Waals surface area contributed by atoms with E-state index in [1.807, 2.05) is 84.1 Å². The van der Waals surface area contributed by atoms with Crippen molar-refractivity contribution in [3.63, 3.8) is 0 Å². The molecule has 0 saturated heterocycles. The summed E-state index contributed by atoms with van der Waals surface area (Å²) in [6, 6.07) is 47.9. The molecular formula is C39H23N3OS. The van der Waals surface area contributed by atoms with E-state index in [9.17, 15) is 0 Å². The summed E-state index contributed by atoms with van der Waals surface area (Å²) in [6.07, 6.45) is 0. The summed E-state index contributed by atoms with van der Waals surface area (Å²) >= 11 is 1.82. The zero-order valence-electron chi connectivity index (χ0n) is 23.4. The van der Waals surface area contributed by atoms with Crippen molar-refractivity contribution in [2.75, 3.05) is 0 Å². The van der Waals surface area contributed by atoms with Crippen LogP contribution in [0.2, 0.25) is 0 Å². The molecule has 0 unspecified atom stereocenters. The standard InChI is InChI=1S/C39H23N3OS/c1-3-12-24(13-4-1)37-40-38(25-14-5-2-6-15-25)42-39(41-37)26-22-30(35-28-16-7-9-19-31(28)43-32(35)23-26)27-18-11-21-34-36(27)29-17-8-10-20-33(29)44-34/h1-23H. The number of rotatable bonds is 4. The maximum atomic E-state index is 6.52. The van der Waals surface area contributed by atoms with Gasteiger partial charge >= 0.3 is 0 Å². The fourth-order valence-electron chi connectivity index (χ4n) is 6.13. The lowest BCUT2D eigenvalue weighted by molar-refractivity contribution is 0.669. The molecule has 0 fully saturated rings. The van der Waals surface area contributed by atoms with Gasteiger partial charge in [0, 0.05) is 47.6 Å². The number of aromatic nitrogens is 3. The number of hydrogen-bond acceptors (Lipinski definition) is 5. The van der Waals surface area contributed by atoms with Crippen molar-refractivity contribution in [1.29, 1.82) is 0 Å². The Bertz CT molecular complexity index is 2440. The maximum Gasteiger partial charge on any atom is 0.164 e. The molecule has 206 valence electrons. The number of thiophene rings is 1. The van der Waals surface area contributed by atoms with Crippen molar-refractivity contribution >= 4 is 53.4 Å². The van der Waals surface area contributed by atoms with Gasteiger partial charge in [-0.1, -0.05) is 109 Å². The Morgan fingerprint density at radius 1 is 0.409 bits per heavy atom. The molecule has 0 aliphatic heterocycles. The highest BCUT2D eigenvalue weighted by atomic mass is 32.1. The molecule has 5 heteroatoms. The molecule has 0 N–H and O–H groups in total. The minimum absolute atomic E-state index is 0.601. The maximum absolute atomic E-state index is 6.52. The first-order valence-corrected chi connectivity index (χ1v) is 15.3. The third-order valence-corrected chi connectivity index (χ3v) is 9.26. The third-order valence-electron chi connectivity index (χ3n) is 8.13. The summed E-state index contributed by atoms with van der Waals surface area (Å²) in [4.78, 5) is 15.0. The summed E-state index contributed by atoms with van der Waals surface area (Å²) < 4.78 is 9.05. The third kappa shape index (κ3) is 4.02. The van der Waals surface area contributed by atoms with E-state index in [0.717, 1.165) is 44.2 Å². The second-order valence-corrected chi connectivity index (χ2v) is 11.9. The predicted molar refractivity (Wildman–Crippen MR) is 182 cm³/mol. The van der Waals surface area contributed by atoms with Gasteiger partial charge in [0.1, 0.15) is 11.2 Å². The Morgan fingerprint density at radius 2 is 1.00 bits per heavy atom. The van der Waals surface area contributed by atoms with E-state index in [1.54, 1.807) is 0 Å². The van der Waals surface area contributed by atoms with Crippen LogP contribution in [0, 0.1) is 0 Å². The molecule has 6 aromatic carbocycles. The van der Waals surface area contributed by atoms with Gasteiger partial charge in [-0.2, -0.15) is 0 Å². The summed E-state index contributed by atoms with van der Waals surface area (Å²) in [6.45, 7) is 0. The second-order valence-electron chi connectivity index (χ2n) is 10.8. The van der Waals surface area contributed by atoms with E-state index in [2.05, 4.69) is 66.7 Å². The van der Waals surface area contributed by atoms with Gasteiger partial charge in [-0.15, -0.1) is 11.3 Å². The monoisotopic (exact) mass is 581 g/mol. The fourth-order valence-corrected chi connectivity index (χ4v) is 7.26. The number of para-hydroxylation sites is 1. The highest BCUT2D eigenvalue weighted by Gasteiger charge is 2.20. The first kappa shape index (κ1) is 24.9. The van der Waals surface area contributed by atoms with Gasteiger partial charge in [0.05, 0.1) is 0 Å². The van der Waals surface area contributed by atoms with Crippen LogP contribution in [0.3, 0.4) is 0 Å². The Kier molecular flexibility index (Phi) is 5.64. The molecule has 3 aromatic heterocycles. The zero-order chi connectivity index (χ0) is 29.0. The Hall–Kier alpha value is -5.65. The molecule has 9 rings (SSSR count). The lowest BCUT2D eigenvalue weighted by Crippen LogP contribution is -2.00. The first-order chi connectivity index (χ1) is 21.8. The number of hydrogen-bond donors (Lipinski definition) is 0. The van der Waals surface area contributed by atoms with Crippen LogP contribution in [0.25, 0.3) is 87.4 Å². The molecule has 0 bridgehead atoms. The average molecular weight is 582 g/mol. The van der Waals surface area contributed by atoms with Crippen LogP contribution in [-0.2, 0) is 0 Å². The zero-order valence-corrected chi connectivity index (χ0v) is 24.3. The van der Waals surface area contributed by atoms with Gasteiger partial charge in [0.2, 0.25) is 0 Å². The Balaban J connectivity index is 1.37. The number of nitrogens with zero attached hydrogens (tertiary/aromatic N) is 3. The van der Waals surface area contributed by atoms with Crippen molar-refractivity contribution in [3.05, 3.63) is 140 Å². The van der Waals surface area contributed by atoms with Gasteiger partial charge in [0.15, 0.2) is 17.5 Å². The summed E-state index contributed by atoms with van der Waals surface area (Å²) in [5.41, 5.74) is 6.67. The van der Waals surface area contributed by atoms with Crippen LogP contribution in [-0.4, -0.2) is 15.0 Å². The predicted octanol–water partition coefficient (Wildman–Crippen LogP) is 10.8. The quantitative estimate of drug-likeness (QED) is 0.207. The SMILES string of the molecule is c1ccc(-c2nc(-c3ccccc3)nc(-c3cc(-c4cccc5sc6ccccc6c45)c4c(c3)oc3ccccc34)n2)cc1. The van der Waals surface area contributed by atoms with E-state index in [4.69, 9.17) is 19.4 Å². The largest absolute Gasteiger partial charge is 0.456 e. The van der Waals surface area contributed by atoms with Gasteiger partial charge < -0.3 is 4.42 Å². The van der Waals surface area contributed by atoms with Crippen molar-refractivity contribution < 1.29 is 4.42 Å². The molecule has 0 atom stereocenters. The van der Waals surface area contributed by atoms with E-state index in [-0.39, 0.29) is 0 Å². The van der Waals surface area contributed by atoms with Crippen LogP contribution >= 0.6 is 11.3 Å². The molecule has 0 aliphatic rings. The van der Waals surface area contributed by atoms with Crippen molar-refractivity contribution in [2.45, 2.75) is 0 Å². The van der Waals surface area contributed by atoms with Gasteiger partial charge in [-0.05, 0) is 41.5 Å². The van der Waals surface area contributed by atoms with E-state index in [1.165, 1.54) is 25.7 Å². The Labute approximate surface area is 256 Å². The molecule has 0 saturated carbocycles. The average Bonchev–Trinajstić information content (AvgIpc) is 3.67. The topological polar surface area (TPSA) is 51.8 Å². The number of furan rings is 1. The fraction of sp³-hybridized carbons (Fsp3) is 0. The van der Waals surface area contributed by atoms with E-state index in [0.29, 0.717) is 17.5 Å². The minimum Gasteiger partial charge on any atom is -0.456 e. The van der Waals surface area contributed by atoms with Crippen molar-refractivity contribution in [1.82, 2.24) is 15.0 Å². The van der Waals surface area contributed by atoms with Crippen LogP contribution in [0.4, 0.5) is 0 Å². The molecular weight excluding hydrogens is 559 g/mol. The van der Waals surface area contributed by atoms with Crippen LogP contribution in [0.15, 0.2) is 144 Å². The summed E-state index contributed by atoms with van der Waals surface area (Å²) in [5.74, 6) is 1.86. The molecule has 44 heavy (non-hydrogen) atoms. The molecule has 0 spiro atoms. The van der Waals surface area contributed by atoms with Gasteiger partial charge in [-0.3, -0.25) is 0 Å². The lowest BCUT2D eigenvalue weighted by Gasteiger charge is -2.12. The molecule has 9 aromatic rings. The molecule has 3 heterocycles. The second kappa shape index (κ2) is 9.97. The van der Waals surface area contributed by atoms with Crippen LogP contribution in [0.1, 0.15) is 0 Å². The van der Waals surface area contributed by atoms with Crippen molar-refractivity contribution in [3.8, 4) is 45.3 Å². The van der Waals surface area contributed by atoms with Crippen molar-refractivity contribution in [2.24, 2.45) is 0 Å². The highest BCUT2D eigenvalue weighted by Crippen LogP contribution is 2.45. The molecule has 0 aliphatic carbocycles. The van der Waals surface area contributed by atoms with E-state index < -0.39 is 0 Å². The number of benzene rings is 6. The molecule has 4 nitrogen and oxygen atoms in total. The van der Waals surface area contributed by atoms with Crippen LogP contribution in [0.5, 0.6) is 0 Å². The first-order valence-electron chi connectivity index (χ1n) is 14.5. The van der Waals surface area contributed by atoms with Gasteiger partial charge in [-0.25, -0.2) is 15.0 Å². The smallest absolute Gasteiger partial charge is 0.164 e. The molecule has 0 amide bonds. The minimum atomic E-state index is 0.601.